The lowest BCUT2D eigenvalue weighted by Gasteiger charge is -2.33. The Bertz CT molecular complexity index is 1430. The molecule has 2 heterocycles. The number of nitrogens with one attached hydrogen (secondary N) is 1. The van der Waals surface area contributed by atoms with Gasteiger partial charge in [-0.3, -0.25) is 9.59 Å². The predicted molar refractivity (Wildman–Crippen MR) is 139 cm³/mol. The van der Waals surface area contributed by atoms with Gasteiger partial charge in [0, 0.05) is 18.3 Å². The fraction of sp³-hybridized carbons (Fsp3) is 0.286. The number of anilines is 1. The molecule has 4 aromatic rings. The SMILES string of the molecule is Cc1ccc(CN(C(=O)Cn2nnc3ccccc32)C(C(=O)Nc2ccc3c(c2)OCO3)C(C)C)cc1. The number of hydrogen-bond acceptors (Lipinski definition) is 6. The minimum atomic E-state index is -0.728. The van der Waals surface area contributed by atoms with E-state index in [0.29, 0.717) is 22.7 Å². The second-order valence-corrected chi connectivity index (χ2v) is 9.49. The molecule has 9 nitrogen and oxygen atoms in total. The summed E-state index contributed by atoms with van der Waals surface area (Å²) in [5.41, 5.74) is 4.10. The molecule has 37 heavy (non-hydrogen) atoms. The van der Waals surface area contributed by atoms with Crippen LogP contribution in [0.4, 0.5) is 5.69 Å². The number of para-hydroxylation sites is 1. The van der Waals surface area contributed by atoms with Gasteiger partial charge in [0.1, 0.15) is 18.1 Å². The molecule has 0 spiro atoms. The third-order valence-corrected chi connectivity index (χ3v) is 6.38. The van der Waals surface area contributed by atoms with Crippen molar-refractivity contribution >= 4 is 28.5 Å². The third kappa shape index (κ3) is 5.25. The van der Waals surface area contributed by atoms with Crippen LogP contribution in [0, 0.1) is 12.8 Å². The zero-order valence-electron chi connectivity index (χ0n) is 21.0. The van der Waals surface area contributed by atoms with Crippen LogP contribution >= 0.6 is 0 Å². The number of nitrogens with zero attached hydrogens (tertiary/aromatic N) is 4. The van der Waals surface area contributed by atoms with E-state index in [4.69, 9.17) is 9.47 Å². The highest BCUT2D eigenvalue weighted by Gasteiger charge is 2.33. The maximum absolute atomic E-state index is 13.8. The third-order valence-electron chi connectivity index (χ3n) is 6.38. The van der Waals surface area contributed by atoms with Crippen molar-refractivity contribution in [3.05, 3.63) is 77.9 Å². The van der Waals surface area contributed by atoms with Crippen molar-refractivity contribution in [2.75, 3.05) is 12.1 Å². The van der Waals surface area contributed by atoms with Crippen LogP contribution in [-0.2, 0) is 22.7 Å². The summed E-state index contributed by atoms with van der Waals surface area (Å²) in [7, 11) is 0. The molecule has 1 aliphatic rings. The molecular formula is C28H29N5O4. The number of aromatic nitrogens is 3. The molecular weight excluding hydrogens is 470 g/mol. The lowest BCUT2D eigenvalue weighted by molar-refractivity contribution is -0.141. The topological polar surface area (TPSA) is 98.6 Å². The van der Waals surface area contributed by atoms with E-state index in [1.807, 2.05) is 69.3 Å². The summed E-state index contributed by atoms with van der Waals surface area (Å²) < 4.78 is 12.4. The van der Waals surface area contributed by atoms with Gasteiger partial charge in [0.15, 0.2) is 11.5 Å². The van der Waals surface area contributed by atoms with Crippen molar-refractivity contribution in [1.82, 2.24) is 19.9 Å². The molecule has 3 aromatic carbocycles. The first-order valence-electron chi connectivity index (χ1n) is 12.2. The summed E-state index contributed by atoms with van der Waals surface area (Å²) in [4.78, 5) is 29.1. The number of benzene rings is 3. The predicted octanol–water partition coefficient (Wildman–Crippen LogP) is 4.16. The Morgan fingerprint density at radius 1 is 1.03 bits per heavy atom. The standard InChI is InChI=1S/C28H29N5O4/c1-18(2)27(28(35)29-21-12-13-24-25(14-21)37-17-36-24)32(15-20-10-8-19(3)9-11-20)26(34)16-33-23-7-5-4-6-22(23)30-31-33/h4-14,18,27H,15-17H2,1-3H3,(H,29,35). The molecule has 9 heteroatoms. The molecule has 0 fully saturated rings. The molecule has 0 saturated heterocycles. The van der Waals surface area contributed by atoms with E-state index < -0.39 is 6.04 Å². The number of rotatable bonds is 8. The summed E-state index contributed by atoms with van der Waals surface area (Å²) >= 11 is 0. The molecule has 0 radical (unpaired) electrons. The number of fused-ring (bicyclic) bond motifs is 2. The van der Waals surface area contributed by atoms with E-state index in [9.17, 15) is 9.59 Å². The average Bonchev–Trinajstić information content (AvgIpc) is 3.51. The van der Waals surface area contributed by atoms with Crippen LogP contribution in [-0.4, -0.2) is 44.5 Å². The number of carbonyl (C=O) groups excluding carboxylic acids is 2. The van der Waals surface area contributed by atoms with Crippen LogP contribution in [0.3, 0.4) is 0 Å². The Morgan fingerprint density at radius 2 is 1.78 bits per heavy atom. The zero-order valence-corrected chi connectivity index (χ0v) is 21.0. The van der Waals surface area contributed by atoms with Gasteiger partial charge in [0.25, 0.3) is 0 Å². The fourth-order valence-corrected chi connectivity index (χ4v) is 4.48. The van der Waals surface area contributed by atoms with Gasteiger partial charge >= 0.3 is 0 Å². The minimum Gasteiger partial charge on any atom is -0.454 e. The second kappa shape index (κ2) is 10.3. The second-order valence-electron chi connectivity index (χ2n) is 9.49. The summed E-state index contributed by atoms with van der Waals surface area (Å²) in [5.74, 6) is 0.545. The quantitative estimate of drug-likeness (QED) is 0.391. The summed E-state index contributed by atoms with van der Waals surface area (Å²) in [5, 5.41) is 11.3. The Labute approximate surface area is 215 Å². The first kappa shape index (κ1) is 24.3. The summed E-state index contributed by atoms with van der Waals surface area (Å²) in [6.07, 6.45) is 0. The maximum Gasteiger partial charge on any atom is 0.247 e. The molecule has 1 unspecified atom stereocenters. The number of aryl methyl sites for hydroxylation is 1. The van der Waals surface area contributed by atoms with Gasteiger partial charge in [0.2, 0.25) is 18.6 Å². The van der Waals surface area contributed by atoms with E-state index in [0.717, 1.165) is 16.6 Å². The largest absolute Gasteiger partial charge is 0.454 e. The van der Waals surface area contributed by atoms with Crippen molar-refractivity contribution < 1.29 is 19.1 Å². The Morgan fingerprint density at radius 3 is 2.57 bits per heavy atom. The fourth-order valence-electron chi connectivity index (χ4n) is 4.48. The Balaban J connectivity index is 1.44. The van der Waals surface area contributed by atoms with Gasteiger partial charge in [-0.05, 0) is 42.7 Å². The van der Waals surface area contributed by atoms with Crippen molar-refractivity contribution in [1.29, 1.82) is 0 Å². The van der Waals surface area contributed by atoms with Gasteiger partial charge in [-0.25, -0.2) is 4.68 Å². The van der Waals surface area contributed by atoms with Crippen LogP contribution in [0.15, 0.2) is 66.7 Å². The van der Waals surface area contributed by atoms with Crippen LogP contribution in [0.2, 0.25) is 0 Å². The van der Waals surface area contributed by atoms with Gasteiger partial charge in [-0.1, -0.05) is 61.0 Å². The first-order valence-corrected chi connectivity index (χ1v) is 12.2. The average molecular weight is 500 g/mol. The van der Waals surface area contributed by atoms with Gasteiger partial charge in [-0.2, -0.15) is 0 Å². The van der Waals surface area contributed by atoms with Gasteiger partial charge < -0.3 is 19.7 Å². The molecule has 1 aromatic heterocycles. The Kier molecular flexibility index (Phi) is 6.76. The molecule has 0 aliphatic carbocycles. The van der Waals surface area contributed by atoms with E-state index in [-0.39, 0.29) is 37.6 Å². The number of hydrogen-bond donors (Lipinski definition) is 1. The zero-order chi connectivity index (χ0) is 25.9. The van der Waals surface area contributed by atoms with Crippen LogP contribution in [0.25, 0.3) is 11.0 Å². The number of ether oxygens (including phenoxy) is 2. The molecule has 0 bridgehead atoms. The van der Waals surface area contributed by atoms with Gasteiger partial charge in [0.05, 0.1) is 5.52 Å². The highest BCUT2D eigenvalue weighted by molar-refractivity contribution is 5.97. The minimum absolute atomic E-state index is 0.0348. The Hall–Kier alpha value is -4.40. The number of amides is 2. The monoisotopic (exact) mass is 499 g/mol. The maximum atomic E-state index is 13.8. The number of carbonyl (C=O) groups is 2. The highest BCUT2D eigenvalue weighted by Crippen LogP contribution is 2.34. The van der Waals surface area contributed by atoms with E-state index >= 15 is 0 Å². The lowest BCUT2D eigenvalue weighted by Crippen LogP contribution is -2.50. The van der Waals surface area contributed by atoms with E-state index in [1.165, 1.54) is 0 Å². The van der Waals surface area contributed by atoms with Crippen LogP contribution in [0.1, 0.15) is 25.0 Å². The highest BCUT2D eigenvalue weighted by atomic mass is 16.7. The molecule has 1 N–H and O–H groups in total. The molecule has 1 atom stereocenters. The van der Waals surface area contributed by atoms with Crippen molar-refractivity contribution in [3.8, 4) is 11.5 Å². The first-order chi connectivity index (χ1) is 17.9. The van der Waals surface area contributed by atoms with Crippen LogP contribution in [0.5, 0.6) is 11.5 Å². The van der Waals surface area contributed by atoms with Crippen molar-refractivity contribution in [3.63, 3.8) is 0 Å². The van der Waals surface area contributed by atoms with E-state index in [2.05, 4.69) is 15.6 Å². The van der Waals surface area contributed by atoms with E-state index in [1.54, 1.807) is 27.8 Å². The smallest absolute Gasteiger partial charge is 0.247 e. The molecule has 0 saturated carbocycles. The lowest BCUT2D eigenvalue weighted by atomic mass is 9.99. The van der Waals surface area contributed by atoms with Crippen LogP contribution < -0.4 is 14.8 Å². The summed E-state index contributed by atoms with van der Waals surface area (Å²) in [6.45, 7) is 6.28. The molecule has 2 amide bonds. The molecule has 190 valence electrons. The molecule has 1 aliphatic heterocycles. The van der Waals surface area contributed by atoms with Crippen molar-refractivity contribution in [2.45, 2.75) is 39.9 Å². The summed E-state index contributed by atoms with van der Waals surface area (Å²) in [6, 6.07) is 20.0. The molecule has 5 rings (SSSR count). The van der Waals surface area contributed by atoms with Gasteiger partial charge in [-0.15, -0.1) is 5.10 Å². The van der Waals surface area contributed by atoms with Crippen molar-refractivity contribution in [2.24, 2.45) is 5.92 Å². The normalized spacial score (nSPS) is 13.1.